The molecular weight excluding hydrogens is 386 g/mol. The fourth-order valence-electron chi connectivity index (χ4n) is 3.52. The van der Waals surface area contributed by atoms with Gasteiger partial charge >= 0.3 is 0 Å². The van der Waals surface area contributed by atoms with E-state index in [9.17, 15) is 14.9 Å². The Bertz CT molecular complexity index is 867. The maximum absolute atomic E-state index is 13.0. The molecule has 1 atom stereocenters. The molecule has 1 N–H and O–H groups in total. The van der Waals surface area contributed by atoms with Crippen molar-refractivity contribution >= 4 is 17.3 Å². The third-order valence-corrected chi connectivity index (χ3v) is 5.06. The number of para-hydroxylation sites is 2. The minimum atomic E-state index is -0.434. The fraction of sp³-hybridized carbons (Fsp3) is 0.409. The molecule has 1 saturated heterocycles. The standard InChI is InChI=1S/C22H27N3O5/c1-29-18-7-4-6-17(14-18)15-24(16-19-8-5-13-30-19)22(26)11-12-23-20-9-2-3-10-21(20)25(27)28/h2-4,6-7,9-10,14,19,23H,5,8,11-13,15-16H2,1H3. The number of nitrogens with zero attached hydrogens (tertiary/aromatic N) is 2. The minimum absolute atomic E-state index is 0.00228. The smallest absolute Gasteiger partial charge is 0.292 e. The van der Waals surface area contributed by atoms with Crippen molar-refractivity contribution in [3.63, 3.8) is 0 Å². The van der Waals surface area contributed by atoms with E-state index in [0.29, 0.717) is 25.3 Å². The molecule has 1 amide bonds. The van der Waals surface area contributed by atoms with Crippen LogP contribution in [0.25, 0.3) is 0 Å². The van der Waals surface area contributed by atoms with Crippen LogP contribution in [-0.4, -0.2) is 48.6 Å². The predicted molar refractivity (Wildman–Crippen MR) is 114 cm³/mol. The van der Waals surface area contributed by atoms with Crippen LogP contribution >= 0.6 is 0 Å². The number of benzene rings is 2. The number of nitro groups is 1. The van der Waals surface area contributed by atoms with Crippen LogP contribution in [0.2, 0.25) is 0 Å². The van der Waals surface area contributed by atoms with Gasteiger partial charge in [-0.3, -0.25) is 14.9 Å². The van der Waals surface area contributed by atoms with Crippen molar-refractivity contribution in [2.75, 3.05) is 32.1 Å². The normalized spacial score (nSPS) is 15.6. The third-order valence-electron chi connectivity index (χ3n) is 5.06. The zero-order chi connectivity index (χ0) is 21.3. The molecule has 0 spiro atoms. The molecule has 0 radical (unpaired) electrons. The maximum atomic E-state index is 13.0. The molecule has 160 valence electrons. The molecule has 30 heavy (non-hydrogen) atoms. The van der Waals surface area contributed by atoms with Crippen molar-refractivity contribution in [1.82, 2.24) is 4.90 Å². The van der Waals surface area contributed by atoms with Gasteiger partial charge in [0.25, 0.3) is 5.69 Å². The monoisotopic (exact) mass is 413 g/mol. The topological polar surface area (TPSA) is 93.9 Å². The Morgan fingerprint density at radius 1 is 1.30 bits per heavy atom. The highest BCUT2D eigenvalue weighted by Gasteiger charge is 2.23. The molecular formula is C22H27N3O5. The summed E-state index contributed by atoms with van der Waals surface area (Å²) in [5.41, 5.74) is 1.39. The predicted octanol–water partition coefficient (Wildman–Crippen LogP) is 3.61. The number of rotatable bonds is 10. The summed E-state index contributed by atoms with van der Waals surface area (Å²) >= 11 is 0. The molecule has 1 fully saturated rings. The molecule has 0 aromatic heterocycles. The largest absolute Gasteiger partial charge is 0.497 e. The van der Waals surface area contributed by atoms with Crippen LogP contribution in [-0.2, 0) is 16.1 Å². The minimum Gasteiger partial charge on any atom is -0.497 e. The number of carbonyl (C=O) groups is 1. The SMILES string of the molecule is COc1cccc(CN(CC2CCCO2)C(=O)CCNc2ccccc2[N+](=O)[O-])c1. The van der Waals surface area contributed by atoms with Crippen LogP contribution in [0.4, 0.5) is 11.4 Å². The van der Waals surface area contributed by atoms with Crippen LogP contribution in [0.5, 0.6) is 5.75 Å². The first kappa shape index (κ1) is 21.6. The van der Waals surface area contributed by atoms with Gasteiger partial charge in [0.1, 0.15) is 11.4 Å². The number of hydrogen-bond acceptors (Lipinski definition) is 6. The van der Waals surface area contributed by atoms with E-state index in [-0.39, 0.29) is 24.1 Å². The second kappa shape index (κ2) is 10.6. The Hall–Kier alpha value is -3.13. The van der Waals surface area contributed by atoms with Gasteiger partial charge < -0.3 is 19.7 Å². The summed E-state index contributed by atoms with van der Waals surface area (Å²) < 4.78 is 11.0. The zero-order valence-electron chi connectivity index (χ0n) is 17.1. The van der Waals surface area contributed by atoms with E-state index in [2.05, 4.69) is 5.32 Å². The number of nitrogens with one attached hydrogen (secondary N) is 1. The Balaban J connectivity index is 1.63. The van der Waals surface area contributed by atoms with Gasteiger partial charge in [-0.1, -0.05) is 24.3 Å². The Labute approximate surface area is 175 Å². The van der Waals surface area contributed by atoms with Crippen molar-refractivity contribution in [3.05, 3.63) is 64.2 Å². The molecule has 8 nitrogen and oxygen atoms in total. The Kier molecular flexibility index (Phi) is 7.62. The molecule has 2 aromatic rings. The van der Waals surface area contributed by atoms with Gasteiger partial charge in [-0.05, 0) is 36.6 Å². The molecule has 2 aromatic carbocycles. The molecule has 8 heteroatoms. The van der Waals surface area contributed by atoms with E-state index in [1.807, 2.05) is 24.3 Å². The maximum Gasteiger partial charge on any atom is 0.292 e. The molecule has 1 aliphatic rings. The summed E-state index contributed by atoms with van der Waals surface area (Å²) in [6, 6.07) is 14.1. The van der Waals surface area contributed by atoms with Gasteiger partial charge in [0.15, 0.2) is 0 Å². The number of methoxy groups -OCH3 is 1. The number of anilines is 1. The summed E-state index contributed by atoms with van der Waals surface area (Å²) in [5, 5.41) is 14.2. The summed E-state index contributed by atoms with van der Waals surface area (Å²) in [6.45, 7) is 2.03. The quantitative estimate of drug-likeness (QED) is 0.472. The lowest BCUT2D eigenvalue weighted by Crippen LogP contribution is -2.37. The molecule has 0 aliphatic carbocycles. The van der Waals surface area contributed by atoms with Gasteiger partial charge in [-0.25, -0.2) is 0 Å². The van der Waals surface area contributed by atoms with Crippen LogP contribution in [0, 0.1) is 10.1 Å². The molecule has 0 bridgehead atoms. The highest BCUT2D eigenvalue weighted by molar-refractivity contribution is 5.77. The molecule has 1 heterocycles. The number of hydrogen-bond donors (Lipinski definition) is 1. The highest BCUT2D eigenvalue weighted by atomic mass is 16.6. The second-order valence-corrected chi connectivity index (χ2v) is 7.21. The lowest BCUT2D eigenvalue weighted by atomic mass is 10.1. The number of carbonyl (C=O) groups excluding carboxylic acids is 1. The Morgan fingerprint density at radius 2 is 2.13 bits per heavy atom. The van der Waals surface area contributed by atoms with Gasteiger partial charge in [-0.15, -0.1) is 0 Å². The first-order valence-corrected chi connectivity index (χ1v) is 10.1. The molecule has 1 aliphatic heterocycles. The van der Waals surface area contributed by atoms with E-state index in [1.165, 1.54) is 6.07 Å². The molecule has 0 saturated carbocycles. The number of amides is 1. The van der Waals surface area contributed by atoms with Gasteiger partial charge in [0.05, 0.1) is 18.1 Å². The lowest BCUT2D eigenvalue weighted by molar-refractivity contribution is -0.384. The molecule has 3 rings (SSSR count). The van der Waals surface area contributed by atoms with E-state index >= 15 is 0 Å². The van der Waals surface area contributed by atoms with Crippen molar-refractivity contribution in [2.45, 2.75) is 31.9 Å². The van der Waals surface area contributed by atoms with Gasteiger partial charge in [-0.2, -0.15) is 0 Å². The van der Waals surface area contributed by atoms with E-state index in [1.54, 1.807) is 30.2 Å². The average molecular weight is 413 g/mol. The lowest BCUT2D eigenvalue weighted by Gasteiger charge is -2.26. The summed E-state index contributed by atoms with van der Waals surface area (Å²) in [4.78, 5) is 25.5. The van der Waals surface area contributed by atoms with Crippen LogP contribution in [0.3, 0.4) is 0 Å². The second-order valence-electron chi connectivity index (χ2n) is 7.21. The number of ether oxygens (including phenoxy) is 2. The Morgan fingerprint density at radius 3 is 2.87 bits per heavy atom. The van der Waals surface area contributed by atoms with Crippen molar-refractivity contribution in [1.29, 1.82) is 0 Å². The van der Waals surface area contributed by atoms with Crippen molar-refractivity contribution < 1.29 is 19.2 Å². The van der Waals surface area contributed by atoms with E-state index in [0.717, 1.165) is 30.8 Å². The van der Waals surface area contributed by atoms with Gasteiger partial charge in [0, 0.05) is 38.7 Å². The summed E-state index contributed by atoms with van der Waals surface area (Å²) in [7, 11) is 1.61. The van der Waals surface area contributed by atoms with Crippen molar-refractivity contribution in [3.8, 4) is 5.75 Å². The van der Waals surface area contributed by atoms with Crippen LogP contribution in [0.15, 0.2) is 48.5 Å². The number of nitro benzene ring substituents is 1. The van der Waals surface area contributed by atoms with Crippen molar-refractivity contribution in [2.24, 2.45) is 0 Å². The summed E-state index contributed by atoms with van der Waals surface area (Å²) in [5.74, 6) is 0.717. The van der Waals surface area contributed by atoms with Crippen LogP contribution in [0.1, 0.15) is 24.8 Å². The molecule has 1 unspecified atom stereocenters. The highest BCUT2D eigenvalue weighted by Crippen LogP contribution is 2.23. The van der Waals surface area contributed by atoms with Crippen LogP contribution < -0.4 is 10.1 Å². The van der Waals surface area contributed by atoms with E-state index in [4.69, 9.17) is 9.47 Å². The first-order chi connectivity index (χ1) is 14.6. The van der Waals surface area contributed by atoms with E-state index < -0.39 is 4.92 Å². The zero-order valence-corrected chi connectivity index (χ0v) is 17.1. The summed E-state index contributed by atoms with van der Waals surface area (Å²) in [6.07, 6.45) is 2.22. The average Bonchev–Trinajstić information content (AvgIpc) is 3.27. The third kappa shape index (κ3) is 5.93. The first-order valence-electron chi connectivity index (χ1n) is 10.1. The fourth-order valence-corrected chi connectivity index (χ4v) is 3.52. The van der Waals surface area contributed by atoms with Gasteiger partial charge in [0.2, 0.25) is 5.91 Å².